The lowest BCUT2D eigenvalue weighted by atomic mass is 9.92. The van der Waals surface area contributed by atoms with E-state index in [0.29, 0.717) is 10.6 Å². The summed E-state index contributed by atoms with van der Waals surface area (Å²) in [6.07, 6.45) is 0. The summed E-state index contributed by atoms with van der Waals surface area (Å²) >= 11 is 17.8. The van der Waals surface area contributed by atoms with Crippen LogP contribution in [0, 0.1) is 10.1 Å². The van der Waals surface area contributed by atoms with Crippen molar-refractivity contribution in [1.29, 1.82) is 0 Å². The third-order valence-corrected chi connectivity index (χ3v) is 5.34. The first-order valence-electron chi connectivity index (χ1n) is 8.36. The molecule has 2 aromatic rings. The third kappa shape index (κ3) is 4.04. The van der Waals surface area contributed by atoms with E-state index in [4.69, 9.17) is 34.8 Å². The number of amides is 4. The van der Waals surface area contributed by atoms with Crippen LogP contribution in [-0.4, -0.2) is 34.2 Å². The lowest BCUT2D eigenvalue weighted by Gasteiger charge is -2.23. The van der Waals surface area contributed by atoms with Gasteiger partial charge in [0.25, 0.3) is 11.6 Å². The first-order valence-corrected chi connectivity index (χ1v) is 9.50. The monoisotopic (exact) mass is 470 g/mol. The fraction of sp³-hybridized carbons (Fsp3) is 0.167. The summed E-state index contributed by atoms with van der Waals surface area (Å²) in [5.74, 6) is -1.42. The number of nitro benzene ring substituents is 1. The number of urea groups is 1. The minimum Gasteiger partial charge on any atom is -0.324 e. The van der Waals surface area contributed by atoms with Crippen LogP contribution < -0.4 is 10.6 Å². The van der Waals surface area contributed by atoms with E-state index >= 15 is 0 Å². The van der Waals surface area contributed by atoms with Crippen molar-refractivity contribution in [2.45, 2.75) is 12.5 Å². The molecule has 0 saturated carbocycles. The maximum absolute atomic E-state index is 12.9. The normalized spacial score (nSPS) is 18.3. The molecule has 1 atom stereocenters. The molecule has 0 aliphatic carbocycles. The highest BCUT2D eigenvalue weighted by atomic mass is 35.5. The van der Waals surface area contributed by atoms with Gasteiger partial charge in [0.2, 0.25) is 5.91 Å². The molecule has 1 aliphatic rings. The number of nitro groups is 1. The van der Waals surface area contributed by atoms with Crippen LogP contribution in [0.15, 0.2) is 36.4 Å². The average molecular weight is 472 g/mol. The molecule has 30 heavy (non-hydrogen) atoms. The first kappa shape index (κ1) is 21.8. The van der Waals surface area contributed by atoms with Crippen LogP contribution in [-0.2, 0) is 15.1 Å². The van der Waals surface area contributed by atoms with Gasteiger partial charge in [0.1, 0.15) is 17.1 Å². The highest BCUT2D eigenvalue weighted by Crippen LogP contribution is 2.35. The van der Waals surface area contributed by atoms with Gasteiger partial charge < -0.3 is 10.6 Å². The molecule has 156 valence electrons. The Morgan fingerprint density at radius 1 is 1.17 bits per heavy atom. The number of hydrogen-bond acceptors (Lipinski definition) is 5. The Morgan fingerprint density at radius 3 is 2.50 bits per heavy atom. The van der Waals surface area contributed by atoms with Gasteiger partial charge in [-0.05, 0) is 31.2 Å². The van der Waals surface area contributed by atoms with Gasteiger partial charge >= 0.3 is 6.03 Å². The Labute approximate surface area is 185 Å². The molecule has 0 aromatic heterocycles. The molecule has 3 rings (SSSR count). The minimum absolute atomic E-state index is 0.0895. The summed E-state index contributed by atoms with van der Waals surface area (Å²) in [5, 5.41) is 16.3. The number of carbonyl (C=O) groups is 3. The molecule has 1 saturated heterocycles. The number of imide groups is 1. The zero-order valence-corrected chi connectivity index (χ0v) is 17.5. The lowest BCUT2D eigenvalue weighted by molar-refractivity contribution is -0.384. The Balaban J connectivity index is 1.78. The van der Waals surface area contributed by atoms with Gasteiger partial charge in [0, 0.05) is 27.4 Å². The zero-order chi connectivity index (χ0) is 22.2. The summed E-state index contributed by atoms with van der Waals surface area (Å²) in [5.41, 5.74) is -1.47. The molecule has 1 fully saturated rings. The largest absolute Gasteiger partial charge is 0.325 e. The topological polar surface area (TPSA) is 122 Å². The molecule has 12 heteroatoms. The molecule has 1 aliphatic heterocycles. The minimum atomic E-state index is -1.49. The zero-order valence-electron chi connectivity index (χ0n) is 15.2. The summed E-state index contributed by atoms with van der Waals surface area (Å²) in [4.78, 5) is 48.6. The molecule has 4 amide bonds. The van der Waals surface area contributed by atoms with Gasteiger partial charge in [-0.3, -0.25) is 24.6 Å². The number of hydrogen-bond donors (Lipinski definition) is 2. The smallest absolute Gasteiger partial charge is 0.324 e. The van der Waals surface area contributed by atoms with E-state index < -0.39 is 40.5 Å². The second-order valence-corrected chi connectivity index (χ2v) is 7.79. The number of carbonyl (C=O) groups excluding carboxylic acids is 3. The van der Waals surface area contributed by atoms with Crippen molar-refractivity contribution >= 4 is 64.0 Å². The average Bonchev–Trinajstić information content (AvgIpc) is 2.86. The second kappa shape index (κ2) is 8.10. The Bertz CT molecular complexity index is 1090. The number of benzene rings is 2. The number of rotatable bonds is 5. The van der Waals surface area contributed by atoms with Crippen LogP contribution >= 0.6 is 34.8 Å². The van der Waals surface area contributed by atoms with Crippen molar-refractivity contribution < 1.29 is 19.3 Å². The van der Waals surface area contributed by atoms with E-state index in [1.165, 1.54) is 37.3 Å². The van der Waals surface area contributed by atoms with Gasteiger partial charge in [-0.2, -0.15) is 0 Å². The molecular weight excluding hydrogens is 459 g/mol. The molecule has 1 unspecified atom stereocenters. The predicted molar refractivity (Wildman–Crippen MR) is 111 cm³/mol. The van der Waals surface area contributed by atoms with E-state index in [0.717, 1.165) is 11.0 Å². The molecule has 2 N–H and O–H groups in total. The van der Waals surface area contributed by atoms with Crippen LogP contribution in [0.4, 0.5) is 16.2 Å². The molecule has 2 aromatic carbocycles. The highest BCUT2D eigenvalue weighted by Gasteiger charge is 2.50. The third-order valence-electron chi connectivity index (χ3n) is 4.47. The van der Waals surface area contributed by atoms with Gasteiger partial charge in [0.15, 0.2) is 0 Å². The fourth-order valence-corrected chi connectivity index (χ4v) is 3.78. The standard InChI is InChI=1S/C18H13Cl3N4O5/c1-18(11-4-2-9(19)6-13(11)21)16(27)24(17(28)23-18)8-15(26)22-10-3-5-12(20)14(7-10)25(29)30/h2-7H,8H2,1H3,(H,22,26)(H,23,28). The summed E-state index contributed by atoms with van der Waals surface area (Å²) in [6.45, 7) is 0.852. The Hall–Kier alpha value is -2.88. The molecule has 0 spiro atoms. The van der Waals surface area contributed by atoms with Gasteiger partial charge in [-0.15, -0.1) is 0 Å². The molecule has 1 heterocycles. The van der Waals surface area contributed by atoms with Crippen LogP contribution in [0.2, 0.25) is 15.1 Å². The maximum atomic E-state index is 12.9. The van der Waals surface area contributed by atoms with Crippen molar-refractivity contribution in [3.63, 3.8) is 0 Å². The predicted octanol–water partition coefficient (Wildman–Crippen LogP) is 3.96. The first-order chi connectivity index (χ1) is 14.0. The Kier molecular flexibility index (Phi) is 5.89. The number of anilines is 1. The van der Waals surface area contributed by atoms with Gasteiger partial charge in [-0.1, -0.05) is 40.9 Å². The maximum Gasteiger partial charge on any atom is 0.325 e. The SMILES string of the molecule is CC1(c2ccc(Cl)cc2Cl)NC(=O)N(CC(=O)Nc2ccc(Cl)c([N+](=O)[O-])c2)C1=O. The molecule has 0 radical (unpaired) electrons. The molecule has 0 bridgehead atoms. The van der Waals surface area contributed by atoms with E-state index in [1.54, 1.807) is 0 Å². The van der Waals surface area contributed by atoms with Crippen LogP contribution in [0.1, 0.15) is 12.5 Å². The number of nitrogens with zero attached hydrogens (tertiary/aromatic N) is 2. The van der Waals surface area contributed by atoms with E-state index in [1.807, 2.05) is 0 Å². The summed E-state index contributed by atoms with van der Waals surface area (Å²) in [7, 11) is 0. The van der Waals surface area contributed by atoms with Crippen molar-refractivity contribution in [3.05, 3.63) is 67.1 Å². The number of halogens is 3. The lowest BCUT2D eigenvalue weighted by Crippen LogP contribution is -2.42. The summed E-state index contributed by atoms with van der Waals surface area (Å²) < 4.78 is 0. The van der Waals surface area contributed by atoms with Crippen molar-refractivity contribution in [2.24, 2.45) is 0 Å². The van der Waals surface area contributed by atoms with E-state index in [-0.39, 0.29) is 15.7 Å². The molecule has 9 nitrogen and oxygen atoms in total. The van der Waals surface area contributed by atoms with E-state index in [9.17, 15) is 24.5 Å². The van der Waals surface area contributed by atoms with Crippen LogP contribution in [0.5, 0.6) is 0 Å². The van der Waals surface area contributed by atoms with Gasteiger partial charge in [-0.25, -0.2) is 4.79 Å². The quantitative estimate of drug-likeness (QED) is 0.388. The molecular formula is C18H13Cl3N4O5. The van der Waals surface area contributed by atoms with Crippen LogP contribution in [0.25, 0.3) is 0 Å². The number of nitrogens with one attached hydrogen (secondary N) is 2. The Morgan fingerprint density at radius 2 is 1.87 bits per heavy atom. The van der Waals surface area contributed by atoms with Crippen molar-refractivity contribution in [3.8, 4) is 0 Å². The highest BCUT2D eigenvalue weighted by molar-refractivity contribution is 6.35. The van der Waals surface area contributed by atoms with E-state index in [2.05, 4.69) is 10.6 Å². The fourth-order valence-electron chi connectivity index (χ4n) is 2.99. The second-order valence-electron chi connectivity index (χ2n) is 6.54. The summed E-state index contributed by atoms with van der Waals surface area (Å²) in [6, 6.07) is 7.37. The van der Waals surface area contributed by atoms with Crippen molar-refractivity contribution in [2.75, 3.05) is 11.9 Å². The van der Waals surface area contributed by atoms with Crippen molar-refractivity contribution in [1.82, 2.24) is 10.2 Å². The van der Waals surface area contributed by atoms with Crippen LogP contribution in [0.3, 0.4) is 0 Å². The van der Waals surface area contributed by atoms with Gasteiger partial charge in [0.05, 0.1) is 4.92 Å².